The first-order chi connectivity index (χ1) is 11.1. The number of amides is 1. The molecule has 1 N–H and O–H groups in total. The van der Waals surface area contributed by atoms with Crippen molar-refractivity contribution in [2.75, 3.05) is 0 Å². The van der Waals surface area contributed by atoms with Crippen LogP contribution < -0.4 is 5.32 Å². The van der Waals surface area contributed by atoms with Gasteiger partial charge in [-0.25, -0.2) is 9.59 Å². The molecule has 1 fully saturated rings. The second-order valence-corrected chi connectivity index (χ2v) is 6.16. The van der Waals surface area contributed by atoms with E-state index in [0.717, 1.165) is 24.8 Å². The molecule has 1 saturated carbocycles. The third kappa shape index (κ3) is 5.58. The van der Waals surface area contributed by atoms with Gasteiger partial charge < -0.3 is 14.8 Å². The summed E-state index contributed by atoms with van der Waals surface area (Å²) >= 11 is 0. The number of ether oxygens (including phenoxy) is 2. The number of hydrogen-bond acceptors (Lipinski definition) is 4. The second kappa shape index (κ2) is 8.56. The molecule has 5 heteroatoms. The van der Waals surface area contributed by atoms with Crippen LogP contribution in [0.1, 0.15) is 45.1 Å². The van der Waals surface area contributed by atoms with Crippen molar-refractivity contribution in [3.63, 3.8) is 0 Å². The van der Waals surface area contributed by atoms with Crippen molar-refractivity contribution in [2.24, 2.45) is 5.92 Å². The fourth-order valence-corrected chi connectivity index (χ4v) is 2.71. The van der Waals surface area contributed by atoms with Gasteiger partial charge in [0.2, 0.25) is 0 Å². The molecule has 1 amide bonds. The second-order valence-electron chi connectivity index (χ2n) is 6.16. The molecular formula is C18H25NO4. The zero-order valence-corrected chi connectivity index (χ0v) is 13.8. The van der Waals surface area contributed by atoms with Gasteiger partial charge in [-0.2, -0.15) is 0 Å². The summed E-state index contributed by atoms with van der Waals surface area (Å²) in [5.41, 5.74) is 0.897. The van der Waals surface area contributed by atoms with Crippen molar-refractivity contribution in [3.05, 3.63) is 35.9 Å². The normalized spacial score (nSPS) is 22.0. The lowest BCUT2D eigenvalue weighted by atomic mass is 9.88. The van der Waals surface area contributed by atoms with Crippen molar-refractivity contribution >= 4 is 12.1 Å². The van der Waals surface area contributed by atoms with Crippen molar-refractivity contribution in [1.29, 1.82) is 0 Å². The minimum Gasteiger partial charge on any atom is -0.461 e. The summed E-state index contributed by atoms with van der Waals surface area (Å²) in [4.78, 5) is 23.8. The maximum Gasteiger partial charge on any atom is 0.408 e. The molecule has 126 valence electrons. The van der Waals surface area contributed by atoms with Gasteiger partial charge in [-0.1, -0.05) is 43.7 Å². The van der Waals surface area contributed by atoms with Gasteiger partial charge in [0.25, 0.3) is 0 Å². The summed E-state index contributed by atoms with van der Waals surface area (Å²) in [6, 6.07) is 8.68. The van der Waals surface area contributed by atoms with Crippen LogP contribution in [0.25, 0.3) is 0 Å². The predicted molar refractivity (Wildman–Crippen MR) is 86.7 cm³/mol. The number of esters is 1. The predicted octanol–water partition coefficient (Wildman–Crippen LogP) is 3.42. The van der Waals surface area contributed by atoms with Gasteiger partial charge in [0, 0.05) is 0 Å². The standard InChI is InChI=1S/C18H25NO4/c1-13-8-6-7-11-16(13)23-17(20)14(2)19-18(21)22-12-15-9-4-3-5-10-15/h3-5,9-10,13-14,16H,6-8,11-12H2,1-2H3,(H,19,21)/t13-,14+,16-/m0/s1. The zero-order valence-electron chi connectivity index (χ0n) is 13.8. The van der Waals surface area contributed by atoms with E-state index < -0.39 is 18.1 Å². The van der Waals surface area contributed by atoms with Crippen LogP contribution in [0, 0.1) is 5.92 Å². The van der Waals surface area contributed by atoms with Gasteiger partial charge in [0.15, 0.2) is 0 Å². The van der Waals surface area contributed by atoms with Crippen LogP contribution in [0.4, 0.5) is 4.79 Å². The minimum atomic E-state index is -0.715. The first-order valence-corrected chi connectivity index (χ1v) is 8.24. The van der Waals surface area contributed by atoms with Crippen LogP contribution in [0.3, 0.4) is 0 Å². The van der Waals surface area contributed by atoms with Gasteiger partial charge in [-0.3, -0.25) is 0 Å². The van der Waals surface area contributed by atoms with Gasteiger partial charge >= 0.3 is 12.1 Å². The lowest BCUT2D eigenvalue weighted by Crippen LogP contribution is -2.42. The Hall–Kier alpha value is -2.04. The average molecular weight is 319 g/mol. The molecule has 0 bridgehead atoms. The minimum absolute atomic E-state index is 0.0409. The first-order valence-electron chi connectivity index (χ1n) is 8.24. The molecule has 0 saturated heterocycles. The van der Waals surface area contributed by atoms with Crippen molar-refractivity contribution in [1.82, 2.24) is 5.32 Å². The maximum atomic E-state index is 12.1. The largest absolute Gasteiger partial charge is 0.461 e. The molecule has 1 aromatic rings. The van der Waals surface area contributed by atoms with E-state index in [9.17, 15) is 9.59 Å². The summed E-state index contributed by atoms with van der Waals surface area (Å²) < 4.78 is 10.6. The zero-order chi connectivity index (χ0) is 16.7. The highest BCUT2D eigenvalue weighted by Gasteiger charge is 2.27. The van der Waals surface area contributed by atoms with Gasteiger partial charge in [-0.05, 0) is 37.7 Å². The highest BCUT2D eigenvalue weighted by atomic mass is 16.6. The Bertz CT molecular complexity index is 517. The van der Waals surface area contributed by atoms with E-state index in [1.807, 2.05) is 30.3 Å². The summed E-state index contributed by atoms with van der Waals surface area (Å²) in [6.45, 7) is 3.89. The van der Waals surface area contributed by atoms with Crippen molar-refractivity contribution in [2.45, 2.75) is 58.3 Å². The maximum absolute atomic E-state index is 12.1. The lowest BCUT2D eigenvalue weighted by Gasteiger charge is -2.29. The molecule has 0 spiro atoms. The molecule has 0 heterocycles. The van der Waals surface area contributed by atoms with E-state index in [4.69, 9.17) is 9.47 Å². The first kappa shape index (κ1) is 17.3. The van der Waals surface area contributed by atoms with E-state index >= 15 is 0 Å². The average Bonchev–Trinajstić information content (AvgIpc) is 2.56. The van der Waals surface area contributed by atoms with E-state index in [1.54, 1.807) is 6.92 Å². The van der Waals surface area contributed by atoms with Crippen LogP contribution in [0.5, 0.6) is 0 Å². The van der Waals surface area contributed by atoms with Crippen molar-refractivity contribution in [3.8, 4) is 0 Å². The van der Waals surface area contributed by atoms with Crippen LogP contribution in [0.2, 0.25) is 0 Å². The Labute approximate surface area is 137 Å². The fraction of sp³-hybridized carbons (Fsp3) is 0.556. The molecule has 1 aliphatic carbocycles. The van der Waals surface area contributed by atoms with E-state index in [-0.39, 0.29) is 12.7 Å². The Morgan fingerprint density at radius 3 is 2.61 bits per heavy atom. The number of alkyl carbamates (subject to hydrolysis) is 1. The number of carbonyl (C=O) groups excluding carboxylic acids is 2. The number of rotatable bonds is 5. The highest BCUT2D eigenvalue weighted by molar-refractivity contribution is 5.81. The van der Waals surface area contributed by atoms with E-state index in [1.165, 1.54) is 6.42 Å². The van der Waals surface area contributed by atoms with Crippen LogP contribution in [-0.4, -0.2) is 24.2 Å². The lowest BCUT2D eigenvalue weighted by molar-refractivity contribution is -0.155. The SMILES string of the molecule is C[C@@H](NC(=O)OCc1ccccc1)C(=O)O[C@H]1CCCC[C@@H]1C. The highest BCUT2D eigenvalue weighted by Crippen LogP contribution is 2.26. The van der Waals surface area contributed by atoms with Crippen LogP contribution in [0.15, 0.2) is 30.3 Å². The Morgan fingerprint density at radius 2 is 1.91 bits per heavy atom. The quantitative estimate of drug-likeness (QED) is 0.845. The summed E-state index contributed by atoms with van der Waals surface area (Å²) in [7, 11) is 0. The molecule has 0 unspecified atom stereocenters. The van der Waals surface area contributed by atoms with E-state index in [0.29, 0.717) is 5.92 Å². The fourth-order valence-electron chi connectivity index (χ4n) is 2.71. The third-order valence-corrected chi connectivity index (χ3v) is 4.20. The van der Waals surface area contributed by atoms with Gasteiger partial charge in [0.05, 0.1) is 0 Å². The monoisotopic (exact) mass is 319 g/mol. The molecule has 3 atom stereocenters. The van der Waals surface area contributed by atoms with E-state index in [2.05, 4.69) is 12.2 Å². The summed E-state index contributed by atoms with van der Waals surface area (Å²) in [5.74, 6) is -0.0228. The van der Waals surface area contributed by atoms with Crippen LogP contribution in [-0.2, 0) is 20.9 Å². The number of benzene rings is 1. The number of nitrogens with one attached hydrogen (secondary N) is 1. The molecule has 23 heavy (non-hydrogen) atoms. The molecule has 1 aromatic carbocycles. The smallest absolute Gasteiger partial charge is 0.408 e. The molecule has 0 aliphatic heterocycles. The van der Waals surface area contributed by atoms with Crippen molar-refractivity contribution < 1.29 is 19.1 Å². The molecule has 1 aliphatic rings. The van der Waals surface area contributed by atoms with Crippen LogP contribution >= 0.6 is 0 Å². The molecule has 5 nitrogen and oxygen atoms in total. The Balaban J connectivity index is 1.73. The molecule has 0 radical (unpaired) electrons. The third-order valence-electron chi connectivity index (χ3n) is 4.20. The Kier molecular flexibility index (Phi) is 6.44. The summed E-state index contributed by atoms with van der Waals surface area (Å²) in [5, 5.41) is 2.52. The topological polar surface area (TPSA) is 64.6 Å². The van der Waals surface area contributed by atoms with Gasteiger partial charge in [0.1, 0.15) is 18.8 Å². The molecule has 2 rings (SSSR count). The molecule has 0 aromatic heterocycles. The number of carbonyl (C=O) groups is 2. The Morgan fingerprint density at radius 1 is 1.22 bits per heavy atom. The molecular weight excluding hydrogens is 294 g/mol. The summed E-state index contributed by atoms with van der Waals surface area (Å²) in [6.07, 6.45) is 3.60. The number of hydrogen-bond donors (Lipinski definition) is 1. The van der Waals surface area contributed by atoms with Gasteiger partial charge in [-0.15, -0.1) is 0 Å².